The smallest absolute Gasteiger partial charge is 0.305 e. The molecule has 0 aromatic rings. The van der Waals surface area contributed by atoms with Crippen molar-refractivity contribution in [3.05, 3.63) is 0 Å². The van der Waals surface area contributed by atoms with Gasteiger partial charge in [0.1, 0.15) is 0 Å². The molecule has 1 atom stereocenters. The van der Waals surface area contributed by atoms with Crippen molar-refractivity contribution in [2.45, 2.75) is 46.5 Å². The Labute approximate surface area is 75.3 Å². The van der Waals surface area contributed by atoms with Crippen LogP contribution in [0.25, 0.3) is 0 Å². The molecule has 0 amide bonds. The second-order valence-electron chi connectivity index (χ2n) is 3.30. The van der Waals surface area contributed by atoms with E-state index in [1.807, 2.05) is 0 Å². The first-order valence-electron chi connectivity index (χ1n) is 4.86. The monoisotopic (exact) mass is 172 g/mol. The van der Waals surface area contributed by atoms with Crippen molar-refractivity contribution in [1.29, 1.82) is 0 Å². The van der Waals surface area contributed by atoms with Crippen LogP contribution < -0.4 is 0 Å². The molecule has 0 fully saturated rings. The van der Waals surface area contributed by atoms with Crippen molar-refractivity contribution in [3.63, 3.8) is 0 Å². The number of rotatable bonds is 6. The van der Waals surface area contributed by atoms with Crippen molar-refractivity contribution in [1.82, 2.24) is 0 Å². The highest BCUT2D eigenvalue weighted by Gasteiger charge is 2.04. The first-order chi connectivity index (χ1) is 5.70. The van der Waals surface area contributed by atoms with Crippen LogP contribution in [0, 0.1) is 5.92 Å². The number of unbranched alkanes of at least 4 members (excludes halogenated alkanes) is 1. The van der Waals surface area contributed by atoms with Crippen molar-refractivity contribution >= 4 is 5.97 Å². The first kappa shape index (κ1) is 11.5. The van der Waals surface area contributed by atoms with Gasteiger partial charge in [0.2, 0.25) is 0 Å². The second kappa shape index (κ2) is 7.14. The zero-order valence-electron chi connectivity index (χ0n) is 8.43. The standard InChI is InChI=1S/C10H20O2/c1-4-6-7-10(11)12-8-9(3)5-2/h9H,4-8H2,1-3H3/t9-/m0/s1. The summed E-state index contributed by atoms with van der Waals surface area (Å²) in [4.78, 5) is 11.0. The van der Waals surface area contributed by atoms with Gasteiger partial charge in [0.15, 0.2) is 0 Å². The number of hydrogen-bond acceptors (Lipinski definition) is 2. The maximum absolute atomic E-state index is 11.0. The van der Waals surface area contributed by atoms with Gasteiger partial charge in [0.05, 0.1) is 6.61 Å². The van der Waals surface area contributed by atoms with Gasteiger partial charge in [-0.2, -0.15) is 0 Å². The molecule has 0 aliphatic heterocycles. The lowest BCUT2D eigenvalue weighted by Gasteiger charge is -2.08. The summed E-state index contributed by atoms with van der Waals surface area (Å²) < 4.78 is 5.06. The highest BCUT2D eigenvalue weighted by atomic mass is 16.5. The summed E-state index contributed by atoms with van der Waals surface area (Å²) in [5, 5.41) is 0. The van der Waals surface area contributed by atoms with E-state index in [-0.39, 0.29) is 5.97 Å². The summed E-state index contributed by atoms with van der Waals surface area (Å²) in [7, 11) is 0. The van der Waals surface area contributed by atoms with E-state index in [0.29, 0.717) is 18.9 Å². The molecule has 0 aliphatic carbocycles. The van der Waals surface area contributed by atoms with E-state index in [1.165, 1.54) is 0 Å². The lowest BCUT2D eigenvalue weighted by molar-refractivity contribution is -0.145. The molecule has 0 rings (SSSR count). The van der Waals surface area contributed by atoms with Crippen molar-refractivity contribution < 1.29 is 9.53 Å². The van der Waals surface area contributed by atoms with Gasteiger partial charge in [-0.05, 0) is 12.3 Å². The molecule has 0 spiro atoms. The molecule has 0 saturated heterocycles. The van der Waals surface area contributed by atoms with Gasteiger partial charge >= 0.3 is 5.97 Å². The lowest BCUT2D eigenvalue weighted by Crippen LogP contribution is -2.10. The van der Waals surface area contributed by atoms with Crippen LogP contribution in [0.15, 0.2) is 0 Å². The molecule has 2 nitrogen and oxygen atoms in total. The van der Waals surface area contributed by atoms with Crippen LogP contribution in [-0.4, -0.2) is 12.6 Å². The highest BCUT2D eigenvalue weighted by Crippen LogP contribution is 2.03. The Hall–Kier alpha value is -0.530. The van der Waals surface area contributed by atoms with Crippen molar-refractivity contribution in [2.24, 2.45) is 5.92 Å². The summed E-state index contributed by atoms with van der Waals surface area (Å²) in [5.41, 5.74) is 0. The molecule has 72 valence electrons. The number of esters is 1. The Bertz CT molecular complexity index is 121. The van der Waals surface area contributed by atoms with Crippen molar-refractivity contribution in [2.75, 3.05) is 6.61 Å². The van der Waals surface area contributed by atoms with Crippen LogP contribution in [-0.2, 0) is 9.53 Å². The largest absolute Gasteiger partial charge is 0.465 e. The van der Waals surface area contributed by atoms with Crippen LogP contribution in [0.1, 0.15) is 46.5 Å². The number of carbonyl (C=O) groups excluding carboxylic acids is 1. The fourth-order valence-corrected chi connectivity index (χ4v) is 0.746. The van der Waals surface area contributed by atoms with Gasteiger partial charge in [-0.15, -0.1) is 0 Å². The molecule has 0 N–H and O–H groups in total. The molecule has 0 heterocycles. The minimum atomic E-state index is -0.0443. The second-order valence-corrected chi connectivity index (χ2v) is 3.30. The maximum atomic E-state index is 11.0. The molecule has 0 aromatic carbocycles. The van der Waals surface area contributed by atoms with Crippen LogP contribution in [0.3, 0.4) is 0 Å². The SMILES string of the molecule is CCCCC(=O)OC[C@@H](C)CC. The minimum absolute atomic E-state index is 0.0443. The van der Waals surface area contributed by atoms with Gasteiger partial charge in [-0.25, -0.2) is 0 Å². The highest BCUT2D eigenvalue weighted by molar-refractivity contribution is 5.69. The van der Waals surface area contributed by atoms with Gasteiger partial charge < -0.3 is 4.74 Å². The molecule has 0 bridgehead atoms. The van der Waals surface area contributed by atoms with Crippen LogP contribution in [0.4, 0.5) is 0 Å². The summed E-state index contributed by atoms with van der Waals surface area (Å²) >= 11 is 0. The molecule has 2 heteroatoms. The van der Waals surface area contributed by atoms with E-state index in [4.69, 9.17) is 4.74 Å². The van der Waals surface area contributed by atoms with Crippen LogP contribution in [0.2, 0.25) is 0 Å². The van der Waals surface area contributed by atoms with E-state index in [2.05, 4.69) is 20.8 Å². The number of carbonyl (C=O) groups is 1. The molecule has 0 aliphatic rings. The molecule has 12 heavy (non-hydrogen) atoms. The Kier molecular flexibility index (Phi) is 6.82. The van der Waals surface area contributed by atoms with E-state index >= 15 is 0 Å². The van der Waals surface area contributed by atoms with Gasteiger partial charge in [0.25, 0.3) is 0 Å². The average molecular weight is 172 g/mol. The topological polar surface area (TPSA) is 26.3 Å². The summed E-state index contributed by atoms with van der Waals surface area (Å²) in [6.45, 7) is 6.85. The van der Waals surface area contributed by atoms with Crippen LogP contribution in [0.5, 0.6) is 0 Å². The quantitative estimate of drug-likeness (QED) is 0.576. The third-order valence-electron chi connectivity index (χ3n) is 1.96. The van der Waals surface area contributed by atoms with E-state index in [1.54, 1.807) is 0 Å². The Morgan fingerprint density at radius 1 is 1.42 bits per heavy atom. The van der Waals surface area contributed by atoms with Crippen molar-refractivity contribution in [3.8, 4) is 0 Å². The normalized spacial score (nSPS) is 12.6. The summed E-state index contributed by atoms with van der Waals surface area (Å²) in [5.74, 6) is 0.452. The number of ether oxygens (including phenoxy) is 1. The van der Waals surface area contributed by atoms with Gasteiger partial charge in [-0.1, -0.05) is 33.6 Å². The molecular weight excluding hydrogens is 152 g/mol. The lowest BCUT2D eigenvalue weighted by atomic mass is 10.1. The minimum Gasteiger partial charge on any atom is -0.465 e. The van der Waals surface area contributed by atoms with E-state index < -0.39 is 0 Å². The molecule has 0 radical (unpaired) electrons. The average Bonchev–Trinajstić information content (AvgIpc) is 2.10. The van der Waals surface area contributed by atoms with Gasteiger partial charge in [-0.3, -0.25) is 4.79 Å². The third kappa shape index (κ3) is 6.20. The molecular formula is C10H20O2. The maximum Gasteiger partial charge on any atom is 0.305 e. The van der Waals surface area contributed by atoms with E-state index in [0.717, 1.165) is 19.3 Å². The molecule has 0 saturated carbocycles. The van der Waals surface area contributed by atoms with Crippen LogP contribution >= 0.6 is 0 Å². The Morgan fingerprint density at radius 2 is 2.08 bits per heavy atom. The Morgan fingerprint density at radius 3 is 2.58 bits per heavy atom. The summed E-state index contributed by atoms with van der Waals surface area (Å²) in [6, 6.07) is 0. The fourth-order valence-electron chi connectivity index (χ4n) is 0.746. The Balaban J connectivity index is 3.31. The zero-order chi connectivity index (χ0) is 9.40. The fraction of sp³-hybridized carbons (Fsp3) is 0.900. The van der Waals surface area contributed by atoms with Gasteiger partial charge in [0, 0.05) is 6.42 Å². The predicted molar refractivity (Wildman–Crippen MR) is 49.9 cm³/mol. The zero-order valence-corrected chi connectivity index (χ0v) is 8.43. The first-order valence-corrected chi connectivity index (χ1v) is 4.86. The summed E-state index contributed by atoms with van der Waals surface area (Å²) in [6.07, 6.45) is 3.64. The number of hydrogen-bond donors (Lipinski definition) is 0. The third-order valence-corrected chi connectivity index (χ3v) is 1.96. The van der Waals surface area contributed by atoms with E-state index in [9.17, 15) is 4.79 Å². The molecule has 0 unspecified atom stereocenters. The predicted octanol–water partition coefficient (Wildman–Crippen LogP) is 2.77. The molecule has 0 aromatic heterocycles.